The van der Waals surface area contributed by atoms with E-state index in [1.807, 2.05) is 23.6 Å². The van der Waals surface area contributed by atoms with Gasteiger partial charge in [0.25, 0.3) is 0 Å². The molecule has 4 rings (SSSR count). The normalized spacial score (nSPS) is 15.2. The first-order valence-electron chi connectivity index (χ1n) is 8.49. The fourth-order valence-corrected chi connectivity index (χ4v) is 4.40. The van der Waals surface area contributed by atoms with E-state index in [1.165, 1.54) is 6.08 Å². The topological polar surface area (TPSA) is 69.3 Å². The molecule has 4 heterocycles. The summed E-state index contributed by atoms with van der Waals surface area (Å²) >= 11 is 4.95. The van der Waals surface area contributed by atoms with Crippen molar-refractivity contribution in [3.05, 3.63) is 57.1 Å². The maximum Gasteiger partial charge on any atom is 0.247 e. The van der Waals surface area contributed by atoms with Crippen LogP contribution in [-0.4, -0.2) is 51.2 Å². The van der Waals surface area contributed by atoms with Crippen LogP contribution in [0.5, 0.6) is 0 Å². The number of nitrogens with one attached hydrogen (secondary N) is 1. The molecule has 0 atom stereocenters. The number of rotatable bonds is 4. The number of aromatic nitrogens is 2. The Labute approximate surface area is 168 Å². The zero-order chi connectivity index (χ0) is 18.8. The van der Waals surface area contributed by atoms with Gasteiger partial charge in [-0.15, -0.1) is 11.3 Å². The number of amides is 2. The molecule has 0 unspecified atom stereocenters. The summed E-state index contributed by atoms with van der Waals surface area (Å²) in [5, 5.41) is 2.99. The zero-order valence-corrected chi connectivity index (χ0v) is 16.8. The fraction of sp³-hybridized carbons (Fsp3) is 0.211. The highest BCUT2D eigenvalue weighted by Crippen LogP contribution is 2.21. The first-order valence-corrected chi connectivity index (χ1v) is 10.2. The molecular weight excluding hydrogens is 428 g/mol. The van der Waals surface area contributed by atoms with Crippen LogP contribution in [-0.2, 0) is 16.1 Å². The summed E-state index contributed by atoms with van der Waals surface area (Å²) in [6, 6.07) is 5.87. The molecule has 1 fully saturated rings. The molecule has 3 aromatic heterocycles. The number of hydrogen-bond donors (Lipinski definition) is 1. The monoisotopic (exact) mass is 444 g/mol. The molecular formula is C19H17BrN4O2S. The number of fused-ring (bicyclic) bond motifs is 1. The van der Waals surface area contributed by atoms with Crippen LogP contribution in [0, 0.1) is 0 Å². The Morgan fingerprint density at radius 1 is 1.37 bits per heavy atom. The van der Waals surface area contributed by atoms with Gasteiger partial charge in [-0.1, -0.05) is 0 Å². The van der Waals surface area contributed by atoms with E-state index < -0.39 is 0 Å². The number of nitrogens with zero attached hydrogens (tertiary/aromatic N) is 3. The SMILES string of the molecule is O=C(C=Cc1cc(Br)cs1)N1CCN(Cc2cc3cnccc3[nH]2)C(=O)C1. The Balaban J connectivity index is 1.36. The minimum atomic E-state index is -0.135. The molecule has 0 spiro atoms. The molecule has 0 saturated carbocycles. The Kier molecular flexibility index (Phi) is 5.09. The number of piperazine rings is 1. The van der Waals surface area contributed by atoms with Gasteiger partial charge in [0, 0.05) is 62.9 Å². The second kappa shape index (κ2) is 7.66. The van der Waals surface area contributed by atoms with Gasteiger partial charge in [-0.25, -0.2) is 0 Å². The molecule has 138 valence electrons. The van der Waals surface area contributed by atoms with Crippen LogP contribution in [0.2, 0.25) is 0 Å². The molecule has 0 radical (unpaired) electrons. The number of hydrogen-bond acceptors (Lipinski definition) is 4. The standard InChI is InChI=1S/C19H17BrN4O2S/c20-14-8-16(27-12-14)1-2-18(25)24-6-5-23(19(26)11-24)10-15-7-13-9-21-4-3-17(13)22-15/h1-4,7-9,12,22H,5-6,10-11H2. The summed E-state index contributed by atoms with van der Waals surface area (Å²) in [7, 11) is 0. The van der Waals surface area contributed by atoms with E-state index in [1.54, 1.807) is 39.6 Å². The maximum absolute atomic E-state index is 12.5. The summed E-state index contributed by atoms with van der Waals surface area (Å²) in [6.07, 6.45) is 6.85. The molecule has 2 amide bonds. The van der Waals surface area contributed by atoms with Gasteiger partial charge in [0.15, 0.2) is 0 Å². The minimum Gasteiger partial charge on any atom is -0.357 e. The van der Waals surface area contributed by atoms with Crippen LogP contribution in [0.3, 0.4) is 0 Å². The van der Waals surface area contributed by atoms with E-state index in [0.29, 0.717) is 19.6 Å². The van der Waals surface area contributed by atoms with Crippen molar-refractivity contribution < 1.29 is 9.59 Å². The van der Waals surface area contributed by atoms with E-state index >= 15 is 0 Å². The predicted molar refractivity (Wildman–Crippen MR) is 109 cm³/mol. The van der Waals surface area contributed by atoms with Gasteiger partial charge in [0.2, 0.25) is 11.8 Å². The van der Waals surface area contributed by atoms with E-state index in [2.05, 4.69) is 25.9 Å². The van der Waals surface area contributed by atoms with E-state index in [-0.39, 0.29) is 18.4 Å². The second-order valence-corrected chi connectivity index (χ2v) is 8.19. The van der Waals surface area contributed by atoms with Crippen LogP contribution in [0.4, 0.5) is 0 Å². The Bertz CT molecular complexity index is 993. The Morgan fingerprint density at radius 2 is 2.26 bits per heavy atom. The number of pyridine rings is 1. The van der Waals surface area contributed by atoms with Crippen LogP contribution in [0.25, 0.3) is 17.0 Å². The third-order valence-electron chi connectivity index (χ3n) is 4.45. The summed E-state index contributed by atoms with van der Waals surface area (Å²) in [5.41, 5.74) is 1.97. The predicted octanol–water partition coefficient (Wildman–Crippen LogP) is 3.27. The molecule has 0 aromatic carbocycles. The van der Waals surface area contributed by atoms with Gasteiger partial charge in [0.1, 0.15) is 6.54 Å². The summed E-state index contributed by atoms with van der Waals surface area (Å²) < 4.78 is 0.996. The van der Waals surface area contributed by atoms with Crippen LogP contribution in [0.15, 0.2) is 46.5 Å². The van der Waals surface area contributed by atoms with E-state index in [9.17, 15) is 9.59 Å². The van der Waals surface area contributed by atoms with Crippen molar-refractivity contribution in [1.29, 1.82) is 0 Å². The highest BCUT2D eigenvalue weighted by Gasteiger charge is 2.26. The summed E-state index contributed by atoms with van der Waals surface area (Å²) in [6.45, 7) is 1.68. The second-order valence-electron chi connectivity index (χ2n) is 6.33. The number of carbonyl (C=O) groups is 2. The molecule has 8 heteroatoms. The van der Waals surface area contributed by atoms with Gasteiger partial charge in [-0.2, -0.15) is 0 Å². The lowest BCUT2D eigenvalue weighted by molar-refractivity contribution is -0.143. The zero-order valence-electron chi connectivity index (χ0n) is 14.4. The van der Waals surface area contributed by atoms with Crippen molar-refractivity contribution in [2.24, 2.45) is 0 Å². The minimum absolute atomic E-state index is 0.0429. The van der Waals surface area contributed by atoms with Crippen molar-refractivity contribution in [3.8, 4) is 0 Å². The number of halogens is 1. The molecule has 3 aromatic rings. The summed E-state index contributed by atoms with van der Waals surface area (Å²) in [5.74, 6) is -0.178. The number of carbonyl (C=O) groups excluding carboxylic acids is 2. The number of thiophene rings is 1. The van der Waals surface area contributed by atoms with Gasteiger partial charge in [0.05, 0.1) is 6.54 Å². The molecule has 6 nitrogen and oxygen atoms in total. The van der Waals surface area contributed by atoms with Crippen molar-refractivity contribution in [3.63, 3.8) is 0 Å². The molecule has 0 bridgehead atoms. The average Bonchev–Trinajstić information content (AvgIpc) is 3.26. The van der Waals surface area contributed by atoms with Gasteiger partial charge in [-0.05, 0) is 40.2 Å². The van der Waals surface area contributed by atoms with Crippen LogP contribution >= 0.6 is 27.3 Å². The van der Waals surface area contributed by atoms with E-state index in [4.69, 9.17) is 0 Å². The lowest BCUT2D eigenvalue weighted by Gasteiger charge is -2.33. The maximum atomic E-state index is 12.5. The third-order valence-corrected chi connectivity index (χ3v) is 6.11. The van der Waals surface area contributed by atoms with Crippen molar-refractivity contribution >= 4 is 56.1 Å². The van der Waals surface area contributed by atoms with Crippen molar-refractivity contribution in [2.75, 3.05) is 19.6 Å². The van der Waals surface area contributed by atoms with Gasteiger partial charge in [-0.3, -0.25) is 14.6 Å². The molecule has 27 heavy (non-hydrogen) atoms. The largest absolute Gasteiger partial charge is 0.357 e. The van der Waals surface area contributed by atoms with Crippen LogP contribution < -0.4 is 0 Å². The first kappa shape index (κ1) is 17.9. The highest BCUT2D eigenvalue weighted by molar-refractivity contribution is 9.10. The van der Waals surface area contributed by atoms with Crippen LogP contribution in [0.1, 0.15) is 10.6 Å². The first-order chi connectivity index (χ1) is 13.1. The molecule has 0 aliphatic carbocycles. The quantitative estimate of drug-likeness (QED) is 0.627. The molecule has 1 aliphatic rings. The Morgan fingerprint density at radius 3 is 3.00 bits per heavy atom. The Hall–Kier alpha value is -2.45. The fourth-order valence-electron chi connectivity index (χ4n) is 3.06. The average molecular weight is 445 g/mol. The highest BCUT2D eigenvalue weighted by atomic mass is 79.9. The number of aromatic amines is 1. The van der Waals surface area contributed by atoms with Crippen molar-refractivity contribution in [2.45, 2.75) is 6.54 Å². The van der Waals surface area contributed by atoms with Gasteiger partial charge >= 0.3 is 0 Å². The lowest BCUT2D eigenvalue weighted by atomic mass is 10.2. The van der Waals surface area contributed by atoms with Crippen molar-refractivity contribution in [1.82, 2.24) is 19.8 Å². The van der Waals surface area contributed by atoms with Gasteiger partial charge < -0.3 is 14.8 Å². The van der Waals surface area contributed by atoms with E-state index in [0.717, 1.165) is 25.9 Å². The third kappa shape index (κ3) is 4.12. The molecule has 1 aliphatic heterocycles. The smallest absolute Gasteiger partial charge is 0.247 e. The molecule has 1 saturated heterocycles. The number of H-pyrrole nitrogens is 1. The summed E-state index contributed by atoms with van der Waals surface area (Å²) in [4.78, 5) is 36.6. The lowest BCUT2D eigenvalue weighted by Crippen LogP contribution is -2.51. The molecule has 1 N–H and O–H groups in total.